The van der Waals surface area contributed by atoms with Crippen molar-refractivity contribution in [2.75, 3.05) is 18.4 Å². The smallest absolute Gasteiger partial charge is 0.243 e. The van der Waals surface area contributed by atoms with Crippen LogP contribution in [-0.4, -0.2) is 41.3 Å². The third kappa shape index (κ3) is 5.51. The Hall–Kier alpha value is -3.46. The quantitative estimate of drug-likeness (QED) is 0.333. The van der Waals surface area contributed by atoms with Crippen molar-refractivity contribution in [3.05, 3.63) is 95.1 Å². The molecule has 1 heterocycles. The van der Waals surface area contributed by atoms with E-state index in [-0.39, 0.29) is 18.0 Å². The topological polar surface area (TPSA) is 84.3 Å². The zero-order valence-electron chi connectivity index (χ0n) is 20.3. The number of amides is 1. The number of nitrogens with zero attached hydrogens (tertiary/aromatic N) is 3. The minimum atomic E-state index is -3.88. The number of sulfonamides is 1. The third-order valence-corrected chi connectivity index (χ3v) is 8.11. The van der Waals surface area contributed by atoms with Gasteiger partial charge in [0.05, 0.1) is 17.1 Å². The lowest BCUT2D eigenvalue weighted by atomic mass is 10.1. The fourth-order valence-electron chi connectivity index (χ4n) is 3.74. The number of aromatic nitrogens is 2. The first-order valence-electron chi connectivity index (χ1n) is 11.5. The molecule has 0 spiro atoms. The highest BCUT2D eigenvalue weighted by Gasteiger charge is 2.26. The maximum absolute atomic E-state index is 13.1. The highest BCUT2D eigenvalue weighted by Crippen LogP contribution is 2.26. The Labute approximate surface area is 216 Å². The Morgan fingerprint density at radius 2 is 1.69 bits per heavy atom. The first kappa shape index (κ1) is 25.6. The molecule has 0 atom stereocenters. The van der Waals surface area contributed by atoms with E-state index in [2.05, 4.69) is 10.3 Å². The van der Waals surface area contributed by atoms with Crippen LogP contribution in [0.1, 0.15) is 18.1 Å². The lowest BCUT2D eigenvalue weighted by molar-refractivity contribution is -0.116. The lowest BCUT2D eigenvalue weighted by Gasteiger charge is -2.20. The first-order valence-corrected chi connectivity index (χ1v) is 13.3. The minimum absolute atomic E-state index is 0.0737. The highest BCUT2D eigenvalue weighted by molar-refractivity contribution is 7.89. The third-order valence-electron chi connectivity index (χ3n) is 5.92. The molecule has 0 aliphatic carbocycles. The van der Waals surface area contributed by atoms with Gasteiger partial charge >= 0.3 is 0 Å². The Morgan fingerprint density at radius 1 is 1.00 bits per heavy atom. The average Bonchev–Trinajstić information content (AvgIpc) is 3.28. The zero-order chi connectivity index (χ0) is 25.9. The fraction of sp³-hybridized carbons (Fsp3) is 0.185. The van der Waals surface area contributed by atoms with E-state index in [4.69, 9.17) is 11.6 Å². The maximum Gasteiger partial charge on any atom is 0.243 e. The second-order valence-electron chi connectivity index (χ2n) is 8.39. The van der Waals surface area contributed by atoms with Gasteiger partial charge in [-0.2, -0.15) is 4.31 Å². The van der Waals surface area contributed by atoms with Crippen molar-refractivity contribution in [2.24, 2.45) is 0 Å². The summed E-state index contributed by atoms with van der Waals surface area (Å²) >= 11 is 5.90. The molecule has 186 valence electrons. The van der Waals surface area contributed by atoms with Crippen LogP contribution in [0.3, 0.4) is 0 Å². The second kappa shape index (κ2) is 10.7. The summed E-state index contributed by atoms with van der Waals surface area (Å²) in [6.07, 6.45) is 1.86. The van der Waals surface area contributed by atoms with Crippen molar-refractivity contribution in [3.63, 3.8) is 0 Å². The highest BCUT2D eigenvalue weighted by atomic mass is 35.5. The van der Waals surface area contributed by atoms with Crippen molar-refractivity contribution < 1.29 is 13.2 Å². The standard InChI is InChI=1S/C27H27ClN4O3S/c1-4-31(36(34,35)24-14-11-22(28)12-15-24)18-26(33)30-27-29-25(21-8-6-5-7-9-21)17-32(27)23-13-10-19(2)20(3)16-23/h5-17H,4,18H2,1-3H3,(H,29,30,33). The summed E-state index contributed by atoms with van der Waals surface area (Å²) in [6, 6.07) is 21.5. The Morgan fingerprint density at radius 3 is 2.33 bits per heavy atom. The zero-order valence-corrected chi connectivity index (χ0v) is 21.8. The van der Waals surface area contributed by atoms with Crippen molar-refractivity contribution in [1.82, 2.24) is 13.9 Å². The van der Waals surface area contributed by atoms with E-state index in [0.717, 1.165) is 26.7 Å². The summed E-state index contributed by atoms with van der Waals surface area (Å²) in [7, 11) is -3.88. The van der Waals surface area contributed by atoms with E-state index in [1.165, 1.54) is 24.3 Å². The molecular weight excluding hydrogens is 496 g/mol. The van der Waals surface area contributed by atoms with Gasteiger partial charge in [-0.1, -0.05) is 54.9 Å². The van der Waals surface area contributed by atoms with Gasteiger partial charge in [-0.05, 0) is 61.4 Å². The van der Waals surface area contributed by atoms with Crippen molar-refractivity contribution in [3.8, 4) is 16.9 Å². The summed E-state index contributed by atoms with van der Waals surface area (Å²) in [4.78, 5) is 17.8. The Balaban J connectivity index is 1.64. The second-order valence-corrected chi connectivity index (χ2v) is 10.8. The Kier molecular flexibility index (Phi) is 7.59. The van der Waals surface area contributed by atoms with Gasteiger partial charge in [0.2, 0.25) is 21.9 Å². The maximum atomic E-state index is 13.1. The minimum Gasteiger partial charge on any atom is -0.294 e. The van der Waals surface area contributed by atoms with Gasteiger partial charge in [-0.15, -0.1) is 0 Å². The normalized spacial score (nSPS) is 11.6. The molecule has 0 fully saturated rings. The number of carbonyl (C=O) groups is 1. The van der Waals surface area contributed by atoms with Crippen LogP contribution >= 0.6 is 11.6 Å². The molecule has 4 rings (SSSR count). The summed E-state index contributed by atoms with van der Waals surface area (Å²) < 4.78 is 29.1. The number of imidazole rings is 1. The van der Waals surface area contributed by atoms with Crippen LogP contribution < -0.4 is 5.32 Å². The van der Waals surface area contributed by atoms with Gasteiger partial charge < -0.3 is 0 Å². The number of hydrogen-bond donors (Lipinski definition) is 1. The van der Waals surface area contributed by atoms with Gasteiger partial charge in [-0.3, -0.25) is 14.7 Å². The van der Waals surface area contributed by atoms with Crippen LogP contribution in [0.4, 0.5) is 5.95 Å². The van der Waals surface area contributed by atoms with E-state index in [9.17, 15) is 13.2 Å². The van der Waals surface area contributed by atoms with Gasteiger partial charge in [-0.25, -0.2) is 13.4 Å². The van der Waals surface area contributed by atoms with Crippen LogP contribution in [0.5, 0.6) is 0 Å². The number of halogens is 1. The molecule has 0 unspecified atom stereocenters. The van der Waals surface area contributed by atoms with Crippen LogP contribution in [0.15, 0.2) is 83.9 Å². The predicted molar refractivity (Wildman–Crippen MR) is 143 cm³/mol. The molecule has 1 N–H and O–H groups in total. The number of carbonyl (C=O) groups excluding carboxylic acids is 1. The van der Waals surface area contributed by atoms with Gasteiger partial charge in [0, 0.05) is 29.0 Å². The molecule has 0 saturated heterocycles. The van der Waals surface area contributed by atoms with Crippen LogP contribution in [0.2, 0.25) is 5.02 Å². The van der Waals surface area contributed by atoms with E-state index in [1.54, 1.807) is 11.5 Å². The molecule has 0 saturated carbocycles. The lowest BCUT2D eigenvalue weighted by Crippen LogP contribution is -2.38. The number of rotatable bonds is 8. The summed E-state index contributed by atoms with van der Waals surface area (Å²) in [5.74, 6) is -0.188. The van der Waals surface area contributed by atoms with E-state index >= 15 is 0 Å². The number of hydrogen-bond acceptors (Lipinski definition) is 4. The molecule has 9 heteroatoms. The molecule has 0 aliphatic heterocycles. The van der Waals surface area contributed by atoms with Gasteiger partial charge in [0.1, 0.15) is 0 Å². The molecule has 0 radical (unpaired) electrons. The Bertz CT molecular complexity index is 1480. The molecular formula is C27H27ClN4O3S. The fourth-order valence-corrected chi connectivity index (χ4v) is 5.27. The van der Waals surface area contributed by atoms with Crippen LogP contribution in [0.25, 0.3) is 16.9 Å². The molecule has 7 nitrogen and oxygen atoms in total. The monoisotopic (exact) mass is 522 g/mol. The van der Waals surface area contributed by atoms with Crippen molar-refractivity contribution in [2.45, 2.75) is 25.7 Å². The molecule has 1 amide bonds. The SMILES string of the molecule is CCN(CC(=O)Nc1nc(-c2ccccc2)cn1-c1ccc(C)c(C)c1)S(=O)(=O)c1ccc(Cl)cc1. The molecule has 0 bridgehead atoms. The largest absolute Gasteiger partial charge is 0.294 e. The first-order chi connectivity index (χ1) is 17.2. The number of nitrogens with one attached hydrogen (secondary N) is 1. The van der Waals surface area contributed by atoms with Gasteiger partial charge in [0.25, 0.3) is 0 Å². The molecule has 0 aliphatic rings. The van der Waals surface area contributed by atoms with Crippen molar-refractivity contribution >= 4 is 33.5 Å². The molecule has 36 heavy (non-hydrogen) atoms. The number of benzene rings is 3. The number of anilines is 1. The van der Waals surface area contributed by atoms with Crippen LogP contribution in [0, 0.1) is 13.8 Å². The van der Waals surface area contributed by atoms with E-state index < -0.39 is 15.9 Å². The summed E-state index contributed by atoms with van der Waals surface area (Å²) in [5, 5.41) is 3.25. The van der Waals surface area contributed by atoms with Crippen LogP contribution in [-0.2, 0) is 14.8 Å². The number of likely N-dealkylation sites (N-methyl/N-ethyl adjacent to an activating group) is 1. The van der Waals surface area contributed by atoms with E-state index in [0.29, 0.717) is 16.7 Å². The summed E-state index contributed by atoms with van der Waals surface area (Å²) in [5.41, 5.74) is 4.68. The van der Waals surface area contributed by atoms with Gasteiger partial charge in [0.15, 0.2) is 0 Å². The average molecular weight is 523 g/mol. The predicted octanol–water partition coefficient (Wildman–Crippen LogP) is 5.46. The molecule has 3 aromatic carbocycles. The molecule has 1 aromatic heterocycles. The number of aryl methyl sites for hydroxylation is 2. The van der Waals surface area contributed by atoms with E-state index in [1.807, 2.05) is 68.6 Å². The molecule has 4 aromatic rings. The van der Waals surface area contributed by atoms with Crippen molar-refractivity contribution in [1.29, 1.82) is 0 Å². The summed E-state index contributed by atoms with van der Waals surface area (Å²) in [6.45, 7) is 5.50.